The number of hydrogen-bond donors (Lipinski definition) is 1. The molecule has 0 saturated heterocycles. The van der Waals surface area contributed by atoms with E-state index in [0.717, 1.165) is 5.56 Å². The minimum Gasteiger partial charge on any atom is -0.451 e. The van der Waals surface area contributed by atoms with Crippen LogP contribution in [-0.2, 0) is 0 Å². The summed E-state index contributed by atoms with van der Waals surface area (Å²) < 4.78 is 19.0. The fraction of sp³-hybridized carbons (Fsp3) is 0.0556. The molecular weight excluding hydrogens is 327 g/mol. The molecule has 7 heteroatoms. The molecule has 0 fully saturated rings. The number of hydrogen-bond acceptors (Lipinski definition) is 4. The number of aryl methyl sites for hydroxylation is 1. The van der Waals surface area contributed by atoms with E-state index in [1.54, 1.807) is 25.1 Å². The highest BCUT2D eigenvalue weighted by Gasteiger charge is 2.20. The molecule has 0 aliphatic carbocycles. The molecule has 0 unspecified atom stereocenters. The number of anilines is 1. The summed E-state index contributed by atoms with van der Waals surface area (Å²) in [5.41, 5.74) is 0.905. The van der Waals surface area contributed by atoms with Crippen molar-refractivity contribution < 1.29 is 18.5 Å². The minimum atomic E-state index is -0.647. The van der Waals surface area contributed by atoms with Gasteiger partial charge in [0.2, 0.25) is 0 Å². The molecule has 126 valence electrons. The van der Waals surface area contributed by atoms with E-state index in [-0.39, 0.29) is 28.5 Å². The van der Waals surface area contributed by atoms with Crippen molar-refractivity contribution in [2.45, 2.75) is 6.92 Å². The lowest BCUT2D eigenvalue weighted by Gasteiger charge is -2.04. The van der Waals surface area contributed by atoms with E-state index in [4.69, 9.17) is 4.42 Å². The first-order valence-corrected chi connectivity index (χ1v) is 7.37. The maximum absolute atomic E-state index is 13.6. The lowest BCUT2D eigenvalue weighted by atomic mass is 10.1. The fourth-order valence-electron chi connectivity index (χ4n) is 2.35. The number of rotatable bonds is 4. The number of carbonyl (C=O) groups is 1. The quantitative estimate of drug-likeness (QED) is 0.557. The van der Waals surface area contributed by atoms with Gasteiger partial charge in [0.15, 0.2) is 5.76 Å². The van der Waals surface area contributed by atoms with E-state index in [2.05, 4.69) is 5.32 Å². The summed E-state index contributed by atoms with van der Waals surface area (Å²) in [4.78, 5) is 22.9. The van der Waals surface area contributed by atoms with Gasteiger partial charge < -0.3 is 9.73 Å². The molecule has 1 aromatic heterocycles. The van der Waals surface area contributed by atoms with Crippen molar-refractivity contribution in [3.05, 3.63) is 81.9 Å². The van der Waals surface area contributed by atoms with Crippen LogP contribution in [0.4, 0.5) is 15.8 Å². The molecule has 3 aromatic rings. The Morgan fingerprint density at radius 3 is 2.64 bits per heavy atom. The molecule has 0 aliphatic heterocycles. The Bertz CT molecular complexity index is 965. The number of nitrogens with one attached hydrogen (secondary N) is 1. The van der Waals surface area contributed by atoms with E-state index in [0.29, 0.717) is 0 Å². The van der Waals surface area contributed by atoms with Crippen molar-refractivity contribution in [2.24, 2.45) is 0 Å². The number of nitro groups is 1. The monoisotopic (exact) mass is 340 g/mol. The highest BCUT2D eigenvalue weighted by Crippen LogP contribution is 2.32. The molecular formula is C18H13FN2O4. The molecule has 3 rings (SSSR count). The fourth-order valence-corrected chi connectivity index (χ4v) is 2.35. The second kappa shape index (κ2) is 6.56. The van der Waals surface area contributed by atoms with Crippen molar-refractivity contribution in [1.29, 1.82) is 0 Å². The summed E-state index contributed by atoms with van der Waals surface area (Å²) in [7, 11) is 0. The molecule has 0 spiro atoms. The maximum Gasteiger partial charge on any atom is 0.291 e. The van der Waals surface area contributed by atoms with E-state index in [1.807, 2.05) is 0 Å². The summed E-state index contributed by atoms with van der Waals surface area (Å²) in [6.45, 7) is 1.74. The summed E-state index contributed by atoms with van der Waals surface area (Å²) in [5, 5.41) is 13.6. The standard InChI is InChI=1S/C18H13FN2O4/c1-11-6-7-12(15(10-11)21(23)24)16-8-9-17(25-16)18(22)20-14-5-3-2-4-13(14)19/h2-10H,1H3,(H,20,22). The van der Waals surface area contributed by atoms with Crippen LogP contribution in [0.2, 0.25) is 0 Å². The smallest absolute Gasteiger partial charge is 0.291 e. The Balaban J connectivity index is 1.89. The number of furan rings is 1. The Labute approximate surface area is 142 Å². The third-order valence-corrected chi connectivity index (χ3v) is 3.57. The molecule has 2 aromatic carbocycles. The van der Waals surface area contributed by atoms with Crippen LogP contribution in [0.1, 0.15) is 16.1 Å². The van der Waals surface area contributed by atoms with Gasteiger partial charge in [-0.3, -0.25) is 14.9 Å². The van der Waals surface area contributed by atoms with E-state index >= 15 is 0 Å². The van der Waals surface area contributed by atoms with Crippen LogP contribution >= 0.6 is 0 Å². The maximum atomic E-state index is 13.6. The molecule has 0 bridgehead atoms. The Kier molecular flexibility index (Phi) is 4.30. The molecule has 1 amide bonds. The number of amides is 1. The van der Waals surface area contributed by atoms with Crippen LogP contribution in [0.3, 0.4) is 0 Å². The topological polar surface area (TPSA) is 85.4 Å². The average molecular weight is 340 g/mol. The predicted molar refractivity (Wildman–Crippen MR) is 89.9 cm³/mol. The van der Waals surface area contributed by atoms with E-state index in [1.165, 1.54) is 36.4 Å². The highest BCUT2D eigenvalue weighted by molar-refractivity contribution is 6.02. The van der Waals surface area contributed by atoms with Crippen molar-refractivity contribution >= 4 is 17.3 Å². The second-order valence-electron chi connectivity index (χ2n) is 5.38. The van der Waals surface area contributed by atoms with E-state index in [9.17, 15) is 19.3 Å². The van der Waals surface area contributed by atoms with E-state index < -0.39 is 16.6 Å². The SMILES string of the molecule is Cc1ccc(-c2ccc(C(=O)Nc3ccccc3F)o2)c([N+](=O)[O-])c1. The number of halogens is 1. The zero-order valence-corrected chi connectivity index (χ0v) is 13.2. The second-order valence-corrected chi connectivity index (χ2v) is 5.38. The van der Waals surface area contributed by atoms with Crippen molar-refractivity contribution in [2.75, 3.05) is 5.32 Å². The van der Waals surface area contributed by atoms with Gasteiger partial charge in [-0.25, -0.2) is 4.39 Å². The minimum absolute atomic E-state index is 0.0202. The summed E-state index contributed by atoms with van der Waals surface area (Å²) in [5.74, 6) is -1.11. The van der Waals surface area contributed by atoms with Crippen LogP contribution in [0.5, 0.6) is 0 Å². The van der Waals surface area contributed by atoms with Crippen molar-refractivity contribution in [3.63, 3.8) is 0 Å². The lowest BCUT2D eigenvalue weighted by Crippen LogP contribution is -2.11. The molecule has 0 aliphatic rings. The van der Waals surface area contributed by atoms with Gasteiger partial charge in [-0.2, -0.15) is 0 Å². The van der Waals surface area contributed by atoms with Gasteiger partial charge >= 0.3 is 0 Å². The zero-order valence-electron chi connectivity index (χ0n) is 13.2. The largest absolute Gasteiger partial charge is 0.451 e. The van der Waals surface area contributed by atoms with Crippen LogP contribution in [0.15, 0.2) is 59.0 Å². The van der Waals surface area contributed by atoms with Gasteiger partial charge in [0.25, 0.3) is 11.6 Å². The lowest BCUT2D eigenvalue weighted by molar-refractivity contribution is -0.384. The zero-order chi connectivity index (χ0) is 18.0. The third-order valence-electron chi connectivity index (χ3n) is 3.57. The normalized spacial score (nSPS) is 10.5. The first-order chi connectivity index (χ1) is 12.0. The molecule has 0 radical (unpaired) electrons. The predicted octanol–water partition coefficient (Wildman–Crippen LogP) is 4.55. The third kappa shape index (κ3) is 3.40. The van der Waals surface area contributed by atoms with Gasteiger partial charge in [-0.1, -0.05) is 18.2 Å². The highest BCUT2D eigenvalue weighted by atomic mass is 19.1. The Morgan fingerprint density at radius 1 is 1.16 bits per heavy atom. The van der Waals surface area contributed by atoms with Gasteiger partial charge in [0, 0.05) is 6.07 Å². The molecule has 6 nitrogen and oxygen atoms in total. The number of nitro benzene ring substituents is 1. The molecule has 0 saturated carbocycles. The summed E-state index contributed by atoms with van der Waals surface area (Å²) in [6, 6.07) is 13.3. The van der Waals surface area contributed by atoms with Crippen molar-refractivity contribution in [3.8, 4) is 11.3 Å². The summed E-state index contributed by atoms with van der Waals surface area (Å²) in [6.07, 6.45) is 0. The molecule has 0 atom stereocenters. The number of benzene rings is 2. The van der Waals surface area contributed by atoms with Gasteiger partial charge in [-0.15, -0.1) is 0 Å². The Morgan fingerprint density at radius 2 is 1.92 bits per heavy atom. The molecule has 1 N–H and O–H groups in total. The summed E-state index contributed by atoms with van der Waals surface area (Å²) >= 11 is 0. The van der Waals surface area contributed by atoms with Gasteiger partial charge in [0.05, 0.1) is 16.2 Å². The van der Waals surface area contributed by atoms with Crippen LogP contribution in [0, 0.1) is 22.9 Å². The number of para-hydroxylation sites is 1. The van der Waals surface area contributed by atoms with Gasteiger partial charge in [0.1, 0.15) is 11.6 Å². The van der Waals surface area contributed by atoms with Crippen LogP contribution < -0.4 is 5.32 Å². The first-order valence-electron chi connectivity index (χ1n) is 7.37. The van der Waals surface area contributed by atoms with Crippen molar-refractivity contribution in [1.82, 2.24) is 0 Å². The first kappa shape index (κ1) is 16.4. The average Bonchev–Trinajstić information content (AvgIpc) is 3.06. The molecule has 25 heavy (non-hydrogen) atoms. The van der Waals surface area contributed by atoms with Crippen LogP contribution in [-0.4, -0.2) is 10.8 Å². The number of nitrogens with zero attached hydrogens (tertiary/aromatic N) is 1. The molecule has 1 heterocycles. The number of carbonyl (C=O) groups excluding carboxylic acids is 1. The van der Waals surface area contributed by atoms with Crippen LogP contribution in [0.25, 0.3) is 11.3 Å². The van der Waals surface area contributed by atoms with Gasteiger partial charge in [-0.05, 0) is 42.8 Å². The Hall–Kier alpha value is -3.48.